The first-order chi connectivity index (χ1) is 15.0. The Bertz CT molecular complexity index is 916. The van der Waals surface area contributed by atoms with Crippen molar-refractivity contribution in [2.45, 2.75) is 46.1 Å². The van der Waals surface area contributed by atoms with E-state index in [2.05, 4.69) is 20.5 Å². The maximum atomic E-state index is 12.8. The number of nitrogens with one attached hydrogen (secondary N) is 2. The first-order valence-electron chi connectivity index (χ1n) is 11.1. The van der Waals surface area contributed by atoms with Crippen molar-refractivity contribution in [2.75, 3.05) is 26.3 Å². The number of aryl methyl sites for hydroxylation is 2. The lowest BCUT2D eigenvalue weighted by atomic mass is 9.98. The zero-order valence-corrected chi connectivity index (χ0v) is 18.3. The summed E-state index contributed by atoms with van der Waals surface area (Å²) in [5.74, 6) is 0.655. The summed E-state index contributed by atoms with van der Waals surface area (Å²) in [6.45, 7) is 7.28. The molecule has 8 heteroatoms. The molecule has 0 aliphatic carbocycles. The third-order valence-corrected chi connectivity index (χ3v) is 6.46. The van der Waals surface area contributed by atoms with Crippen LogP contribution in [0.3, 0.4) is 0 Å². The molecule has 1 unspecified atom stereocenters. The fourth-order valence-corrected chi connectivity index (χ4v) is 4.56. The van der Waals surface area contributed by atoms with E-state index in [0.717, 1.165) is 61.3 Å². The summed E-state index contributed by atoms with van der Waals surface area (Å²) >= 11 is 0. The van der Waals surface area contributed by atoms with E-state index in [0.29, 0.717) is 31.2 Å². The summed E-state index contributed by atoms with van der Waals surface area (Å²) in [6, 6.07) is 1.92. The SMILES string of the molecule is Cc1n[nH]c(C)c1CNC(=O)c1cncc(CC2CCN(C(=O)C3CCOCC3)C2)c1. The molecule has 0 radical (unpaired) electrons. The van der Waals surface area contributed by atoms with Crippen LogP contribution in [0.5, 0.6) is 0 Å². The van der Waals surface area contributed by atoms with Gasteiger partial charge in [-0.15, -0.1) is 0 Å². The number of nitrogens with zero attached hydrogens (tertiary/aromatic N) is 3. The minimum absolute atomic E-state index is 0.115. The Morgan fingerprint density at radius 3 is 2.77 bits per heavy atom. The second-order valence-electron chi connectivity index (χ2n) is 8.71. The minimum Gasteiger partial charge on any atom is -0.381 e. The summed E-state index contributed by atoms with van der Waals surface area (Å²) in [5, 5.41) is 10.1. The van der Waals surface area contributed by atoms with E-state index in [1.165, 1.54) is 0 Å². The number of H-pyrrole nitrogens is 1. The monoisotopic (exact) mass is 425 g/mol. The second kappa shape index (κ2) is 9.60. The van der Waals surface area contributed by atoms with E-state index in [4.69, 9.17) is 4.74 Å². The van der Waals surface area contributed by atoms with Crippen LogP contribution in [0.4, 0.5) is 0 Å². The van der Waals surface area contributed by atoms with E-state index in [-0.39, 0.29) is 17.7 Å². The van der Waals surface area contributed by atoms with Crippen LogP contribution in [0.2, 0.25) is 0 Å². The summed E-state index contributed by atoms with van der Waals surface area (Å²) in [5.41, 5.74) is 4.47. The summed E-state index contributed by atoms with van der Waals surface area (Å²) in [4.78, 5) is 31.7. The molecule has 4 rings (SSSR count). The van der Waals surface area contributed by atoms with Crippen molar-refractivity contribution in [1.82, 2.24) is 25.4 Å². The van der Waals surface area contributed by atoms with E-state index < -0.39 is 0 Å². The molecule has 2 aliphatic rings. The van der Waals surface area contributed by atoms with Crippen LogP contribution in [0.1, 0.15) is 52.1 Å². The Hall–Kier alpha value is -2.74. The number of hydrogen-bond donors (Lipinski definition) is 2. The zero-order valence-electron chi connectivity index (χ0n) is 18.3. The lowest BCUT2D eigenvalue weighted by Gasteiger charge is -2.26. The minimum atomic E-state index is -0.142. The van der Waals surface area contributed by atoms with Gasteiger partial charge in [0.15, 0.2) is 0 Å². The van der Waals surface area contributed by atoms with Gasteiger partial charge < -0.3 is 15.0 Å². The normalized spacial score (nSPS) is 19.5. The van der Waals surface area contributed by atoms with Crippen LogP contribution in [0, 0.1) is 25.7 Å². The number of carbonyl (C=O) groups excluding carboxylic acids is 2. The van der Waals surface area contributed by atoms with Gasteiger partial charge in [0.05, 0.1) is 11.3 Å². The van der Waals surface area contributed by atoms with Gasteiger partial charge in [-0.3, -0.25) is 19.7 Å². The molecule has 4 heterocycles. The number of amides is 2. The van der Waals surface area contributed by atoms with Crippen molar-refractivity contribution >= 4 is 11.8 Å². The second-order valence-corrected chi connectivity index (χ2v) is 8.71. The number of hydrogen-bond acceptors (Lipinski definition) is 5. The largest absolute Gasteiger partial charge is 0.381 e. The highest BCUT2D eigenvalue weighted by Crippen LogP contribution is 2.25. The topological polar surface area (TPSA) is 100 Å². The zero-order chi connectivity index (χ0) is 21.8. The van der Waals surface area contributed by atoms with Crippen LogP contribution in [-0.2, 0) is 22.5 Å². The third kappa shape index (κ3) is 5.12. The Morgan fingerprint density at radius 1 is 1.23 bits per heavy atom. The van der Waals surface area contributed by atoms with Crippen LogP contribution >= 0.6 is 0 Å². The molecule has 2 aromatic heterocycles. The highest BCUT2D eigenvalue weighted by molar-refractivity contribution is 5.94. The third-order valence-electron chi connectivity index (χ3n) is 6.46. The van der Waals surface area contributed by atoms with Crippen LogP contribution in [-0.4, -0.2) is 58.2 Å². The molecule has 1 atom stereocenters. The van der Waals surface area contributed by atoms with Gasteiger partial charge in [0, 0.05) is 62.4 Å². The van der Waals surface area contributed by atoms with Crippen molar-refractivity contribution in [3.8, 4) is 0 Å². The number of ether oxygens (including phenoxy) is 1. The van der Waals surface area contributed by atoms with Crippen molar-refractivity contribution < 1.29 is 14.3 Å². The molecule has 0 spiro atoms. The molecule has 8 nitrogen and oxygen atoms in total. The quantitative estimate of drug-likeness (QED) is 0.739. The van der Waals surface area contributed by atoms with Crippen molar-refractivity contribution in [2.24, 2.45) is 11.8 Å². The molecular weight excluding hydrogens is 394 g/mol. The van der Waals surface area contributed by atoms with Crippen LogP contribution in [0.25, 0.3) is 0 Å². The van der Waals surface area contributed by atoms with Gasteiger partial charge in [0.1, 0.15) is 0 Å². The summed E-state index contributed by atoms with van der Waals surface area (Å²) in [7, 11) is 0. The summed E-state index contributed by atoms with van der Waals surface area (Å²) in [6.07, 6.45) is 6.90. The number of likely N-dealkylation sites (tertiary alicyclic amines) is 1. The lowest BCUT2D eigenvalue weighted by molar-refractivity contribution is -0.137. The first kappa shape index (κ1) is 21.5. The molecule has 2 fully saturated rings. The van der Waals surface area contributed by atoms with Gasteiger partial charge in [-0.1, -0.05) is 0 Å². The van der Waals surface area contributed by atoms with E-state index in [1.54, 1.807) is 6.20 Å². The molecule has 2 N–H and O–H groups in total. The highest BCUT2D eigenvalue weighted by atomic mass is 16.5. The Labute approximate surface area is 182 Å². The molecular formula is C23H31N5O3. The molecule has 2 amide bonds. The molecule has 0 bridgehead atoms. The number of aromatic nitrogens is 3. The molecule has 0 saturated carbocycles. The molecule has 166 valence electrons. The van der Waals surface area contributed by atoms with E-state index in [1.807, 2.05) is 31.0 Å². The first-order valence-corrected chi connectivity index (χ1v) is 11.1. The average molecular weight is 426 g/mol. The maximum Gasteiger partial charge on any atom is 0.253 e. The number of carbonyl (C=O) groups is 2. The number of aromatic amines is 1. The van der Waals surface area contributed by atoms with Crippen molar-refractivity contribution in [3.63, 3.8) is 0 Å². The molecule has 0 aromatic carbocycles. The fraction of sp³-hybridized carbons (Fsp3) is 0.565. The van der Waals surface area contributed by atoms with Crippen LogP contribution in [0.15, 0.2) is 18.5 Å². The molecule has 31 heavy (non-hydrogen) atoms. The molecule has 2 aliphatic heterocycles. The predicted molar refractivity (Wildman–Crippen MR) is 115 cm³/mol. The Morgan fingerprint density at radius 2 is 2.03 bits per heavy atom. The number of pyridine rings is 1. The van der Waals surface area contributed by atoms with E-state index >= 15 is 0 Å². The standard InChI is InChI=1S/C23H31N5O3/c1-15-21(16(2)27-26-15)13-25-22(29)20-10-18(11-24-12-20)9-17-3-6-28(14-17)23(30)19-4-7-31-8-5-19/h10-12,17,19H,3-9,13-14H2,1-2H3,(H,25,29)(H,26,27). The molecule has 2 saturated heterocycles. The highest BCUT2D eigenvalue weighted by Gasteiger charge is 2.31. The van der Waals surface area contributed by atoms with Crippen molar-refractivity contribution in [3.05, 3.63) is 46.5 Å². The lowest BCUT2D eigenvalue weighted by Crippen LogP contribution is -2.37. The Balaban J connectivity index is 1.31. The van der Waals surface area contributed by atoms with Gasteiger partial charge >= 0.3 is 0 Å². The van der Waals surface area contributed by atoms with Gasteiger partial charge in [0.2, 0.25) is 5.91 Å². The molecule has 2 aromatic rings. The summed E-state index contributed by atoms with van der Waals surface area (Å²) < 4.78 is 5.38. The Kier molecular flexibility index (Phi) is 6.65. The van der Waals surface area contributed by atoms with Crippen molar-refractivity contribution in [1.29, 1.82) is 0 Å². The van der Waals surface area contributed by atoms with Gasteiger partial charge in [0.25, 0.3) is 5.91 Å². The number of rotatable bonds is 6. The van der Waals surface area contributed by atoms with Gasteiger partial charge in [-0.2, -0.15) is 5.10 Å². The fourth-order valence-electron chi connectivity index (χ4n) is 4.56. The van der Waals surface area contributed by atoms with Gasteiger partial charge in [-0.25, -0.2) is 0 Å². The maximum absolute atomic E-state index is 12.8. The predicted octanol–water partition coefficient (Wildman–Crippen LogP) is 2.17. The van der Waals surface area contributed by atoms with Gasteiger partial charge in [-0.05, 0) is 57.1 Å². The van der Waals surface area contributed by atoms with E-state index in [9.17, 15) is 9.59 Å². The smallest absolute Gasteiger partial charge is 0.253 e. The van der Waals surface area contributed by atoms with Crippen LogP contribution < -0.4 is 5.32 Å². The average Bonchev–Trinajstić information content (AvgIpc) is 3.38.